The van der Waals surface area contributed by atoms with Crippen molar-refractivity contribution < 1.29 is 22.8 Å². The Labute approximate surface area is 151 Å². The van der Waals surface area contributed by atoms with Crippen LogP contribution in [0.5, 0.6) is 0 Å². The van der Waals surface area contributed by atoms with E-state index >= 15 is 0 Å². The highest BCUT2D eigenvalue weighted by molar-refractivity contribution is 5.91. The fourth-order valence-corrected chi connectivity index (χ4v) is 2.97. The summed E-state index contributed by atoms with van der Waals surface area (Å²) in [6, 6.07) is 5.51. The molecule has 0 saturated carbocycles. The summed E-state index contributed by atoms with van der Waals surface area (Å²) in [4.78, 5) is 26.8. The molecule has 0 aliphatic carbocycles. The first kappa shape index (κ1) is 20.1. The summed E-state index contributed by atoms with van der Waals surface area (Å²) in [7, 11) is 0. The van der Waals surface area contributed by atoms with Gasteiger partial charge in [-0.2, -0.15) is 13.2 Å². The molecule has 1 aromatic rings. The summed E-state index contributed by atoms with van der Waals surface area (Å²) in [5.74, 6) is -0.708. The predicted octanol–water partition coefficient (Wildman–Crippen LogP) is 3.75. The molecule has 0 bridgehead atoms. The highest BCUT2D eigenvalue weighted by Gasteiger charge is 2.35. The third kappa shape index (κ3) is 5.12. The molecule has 3 amide bonds. The molecule has 1 N–H and O–H groups in total. The Hall–Kier alpha value is -2.25. The van der Waals surface area contributed by atoms with Crippen LogP contribution in [0.3, 0.4) is 0 Å². The number of benzene rings is 1. The molecule has 2 rings (SSSR count). The van der Waals surface area contributed by atoms with Gasteiger partial charge in [0.15, 0.2) is 0 Å². The zero-order valence-corrected chi connectivity index (χ0v) is 15.2. The third-order valence-electron chi connectivity index (χ3n) is 4.43. The standard InChI is InChI=1S/C18H24F3N3O2/c1-12(2)14-6-4-5-13(3)16(14)22-17(26)24-9-7-23(8-10-24)15(25)11-18(19,20)21/h4-6,12H,7-11H2,1-3H3,(H,22,26). The topological polar surface area (TPSA) is 52.7 Å². The van der Waals surface area contributed by atoms with Gasteiger partial charge in [-0.1, -0.05) is 32.0 Å². The maximum atomic E-state index is 12.5. The van der Waals surface area contributed by atoms with Gasteiger partial charge in [-0.25, -0.2) is 4.79 Å². The zero-order valence-electron chi connectivity index (χ0n) is 15.2. The molecule has 1 aliphatic heterocycles. The number of carbonyl (C=O) groups excluding carboxylic acids is 2. The van der Waals surface area contributed by atoms with Crippen molar-refractivity contribution in [1.82, 2.24) is 9.80 Å². The minimum atomic E-state index is -4.51. The van der Waals surface area contributed by atoms with Gasteiger partial charge in [0, 0.05) is 31.9 Å². The van der Waals surface area contributed by atoms with Crippen LogP contribution < -0.4 is 5.32 Å². The minimum Gasteiger partial charge on any atom is -0.339 e. The first-order chi connectivity index (χ1) is 12.1. The van der Waals surface area contributed by atoms with Crippen molar-refractivity contribution in [3.05, 3.63) is 29.3 Å². The van der Waals surface area contributed by atoms with Gasteiger partial charge in [0.2, 0.25) is 5.91 Å². The van der Waals surface area contributed by atoms with Crippen LogP contribution in [-0.4, -0.2) is 54.1 Å². The van der Waals surface area contributed by atoms with Crippen molar-refractivity contribution in [3.63, 3.8) is 0 Å². The van der Waals surface area contributed by atoms with Crippen LogP contribution in [0.1, 0.15) is 37.3 Å². The molecule has 8 heteroatoms. The lowest BCUT2D eigenvalue weighted by atomic mass is 9.98. The van der Waals surface area contributed by atoms with Crippen molar-refractivity contribution in [3.8, 4) is 0 Å². The van der Waals surface area contributed by atoms with E-state index in [1.807, 2.05) is 39.0 Å². The van der Waals surface area contributed by atoms with E-state index in [1.54, 1.807) is 0 Å². The Kier molecular flexibility index (Phi) is 6.15. The Morgan fingerprint density at radius 1 is 1.12 bits per heavy atom. The molecule has 0 atom stereocenters. The van der Waals surface area contributed by atoms with Crippen LogP contribution in [0.15, 0.2) is 18.2 Å². The van der Waals surface area contributed by atoms with E-state index in [1.165, 1.54) is 4.90 Å². The van der Waals surface area contributed by atoms with Crippen LogP contribution in [0.2, 0.25) is 0 Å². The number of amides is 3. The molecule has 144 valence electrons. The molecule has 5 nitrogen and oxygen atoms in total. The largest absolute Gasteiger partial charge is 0.397 e. The highest BCUT2D eigenvalue weighted by atomic mass is 19.4. The van der Waals surface area contributed by atoms with Crippen LogP contribution in [0, 0.1) is 6.92 Å². The molecule has 1 fully saturated rings. The van der Waals surface area contributed by atoms with Gasteiger partial charge in [-0.05, 0) is 24.0 Å². The number of nitrogens with one attached hydrogen (secondary N) is 1. The van der Waals surface area contributed by atoms with Crippen LogP contribution >= 0.6 is 0 Å². The van der Waals surface area contributed by atoms with E-state index in [-0.39, 0.29) is 38.1 Å². The molecule has 0 radical (unpaired) electrons. The minimum absolute atomic E-state index is 0.104. The van der Waals surface area contributed by atoms with Gasteiger partial charge in [-0.15, -0.1) is 0 Å². The van der Waals surface area contributed by atoms with E-state index in [2.05, 4.69) is 5.32 Å². The number of rotatable bonds is 3. The average molecular weight is 371 g/mol. The molecule has 1 aromatic carbocycles. The van der Waals surface area contributed by atoms with E-state index < -0.39 is 18.5 Å². The summed E-state index contributed by atoms with van der Waals surface area (Å²) in [6.07, 6.45) is -5.97. The monoisotopic (exact) mass is 371 g/mol. The third-order valence-corrected chi connectivity index (χ3v) is 4.43. The number of urea groups is 1. The number of anilines is 1. The molecular formula is C18H24F3N3O2. The van der Waals surface area contributed by atoms with Crippen molar-refractivity contribution in [2.75, 3.05) is 31.5 Å². The highest BCUT2D eigenvalue weighted by Crippen LogP contribution is 2.28. The smallest absolute Gasteiger partial charge is 0.339 e. The van der Waals surface area contributed by atoms with Crippen LogP contribution in [0.4, 0.5) is 23.7 Å². The second-order valence-corrected chi connectivity index (χ2v) is 6.78. The summed E-state index contributed by atoms with van der Waals surface area (Å²) in [5.41, 5.74) is 2.74. The number of carbonyl (C=O) groups is 2. The van der Waals surface area contributed by atoms with E-state index in [0.717, 1.165) is 21.7 Å². The average Bonchev–Trinajstić information content (AvgIpc) is 2.55. The second-order valence-electron chi connectivity index (χ2n) is 6.78. The predicted molar refractivity (Wildman–Crippen MR) is 93.1 cm³/mol. The summed E-state index contributed by atoms with van der Waals surface area (Å²) >= 11 is 0. The normalized spacial score (nSPS) is 15.3. The molecular weight excluding hydrogens is 347 g/mol. The maximum absolute atomic E-state index is 12.5. The number of halogens is 3. The molecule has 0 unspecified atom stereocenters. The van der Waals surface area contributed by atoms with Crippen molar-refractivity contribution >= 4 is 17.6 Å². The van der Waals surface area contributed by atoms with Gasteiger partial charge < -0.3 is 15.1 Å². The number of aryl methyl sites for hydroxylation is 1. The number of alkyl halides is 3. The van der Waals surface area contributed by atoms with Gasteiger partial charge in [-0.3, -0.25) is 4.79 Å². The van der Waals surface area contributed by atoms with Gasteiger partial charge in [0.25, 0.3) is 0 Å². The van der Waals surface area contributed by atoms with Gasteiger partial charge in [0.1, 0.15) is 6.42 Å². The van der Waals surface area contributed by atoms with E-state index in [9.17, 15) is 22.8 Å². The molecule has 0 spiro atoms. The van der Waals surface area contributed by atoms with Crippen LogP contribution in [-0.2, 0) is 4.79 Å². The molecule has 1 aliphatic rings. The first-order valence-electron chi connectivity index (χ1n) is 8.58. The number of hydrogen-bond acceptors (Lipinski definition) is 2. The zero-order chi connectivity index (χ0) is 19.5. The number of para-hydroxylation sites is 1. The molecule has 0 aromatic heterocycles. The molecule has 26 heavy (non-hydrogen) atoms. The lowest BCUT2D eigenvalue weighted by molar-refractivity contribution is -0.162. The Morgan fingerprint density at radius 2 is 1.69 bits per heavy atom. The SMILES string of the molecule is Cc1cccc(C(C)C)c1NC(=O)N1CCN(C(=O)CC(F)(F)F)CC1. The Morgan fingerprint density at radius 3 is 2.23 bits per heavy atom. The number of hydrogen-bond donors (Lipinski definition) is 1. The van der Waals surface area contributed by atoms with Gasteiger partial charge >= 0.3 is 12.2 Å². The van der Waals surface area contributed by atoms with E-state index in [0.29, 0.717) is 0 Å². The van der Waals surface area contributed by atoms with Crippen LogP contribution in [0.25, 0.3) is 0 Å². The molecule has 1 saturated heterocycles. The maximum Gasteiger partial charge on any atom is 0.397 e. The number of nitrogens with zero attached hydrogens (tertiary/aromatic N) is 2. The summed E-state index contributed by atoms with van der Waals surface area (Å²) in [6.45, 7) is 6.61. The van der Waals surface area contributed by atoms with E-state index in [4.69, 9.17) is 0 Å². The second kappa shape index (κ2) is 7.97. The fraction of sp³-hybridized carbons (Fsp3) is 0.556. The first-order valence-corrected chi connectivity index (χ1v) is 8.58. The lowest BCUT2D eigenvalue weighted by Gasteiger charge is -2.35. The Bertz CT molecular complexity index is 666. The van der Waals surface area contributed by atoms with Crippen molar-refractivity contribution in [2.24, 2.45) is 0 Å². The quantitative estimate of drug-likeness (QED) is 0.880. The summed E-state index contributed by atoms with van der Waals surface area (Å²) < 4.78 is 37.0. The Balaban J connectivity index is 1.97. The fourth-order valence-electron chi connectivity index (χ4n) is 2.97. The van der Waals surface area contributed by atoms with Crippen molar-refractivity contribution in [2.45, 2.75) is 39.3 Å². The summed E-state index contributed by atoms with van der Waals surface area (Å²) in [5, 5.41) is 2.92. The van der Waals surface area contributed by atoms with Crippen molar-refractivity contribution in [1.29, 1.82) is 0 Å². The van der Waals surface area contributed by atoms with Gasteiger partial charge in [0.05, 0.1) is 0 Å². The lowest BCUT2D eigenvalue weighted by Crippen LogP contribution is -2.52. The molecule has 1 heterocycles. The number of piperazine rings is 1.